The molecule has 0 aromatic heterocycles. The van der Waals surface area contributed by atoms with Crippen LogP contribution in [0.5, 0.6) is 0 Å². The van der Waals surface area contributed by atoms with Gasteiger partial charge >= 0.3 is 5.97 Å². The molecule has 1 unspecified atom stereocenters. The number of non-ortho nitro benzene ring substituents is 2. The molecule has 9 nitrogen and oxygen atoms in total. The number of ether oxygens (including phenoxy) is 1. The summed E-state index contributed by atoms with van der Waals surface area (Å²) < 4.78 is 5.03. The Hall–Kier alpha value is -3.80. The third-order valence-electron chi connectivity index (χ3n) is 3.06. The van der Waals surface area contributed by atoms with Crippen molar-refractivity contribution < 1.29 is 19.4 Å². The lowest BCUT2D eigenvalue weighted by Gasteiger charge is -2.11. The van der Waals surface area contributed by atoms with Crippen molar-refractivity contribution in [3.8, 4) is 6.07 Å². The molecule has 0 heterocycles. The summed E-state index contributed by atoms with van der Waals surface area (Å²) >= 11 is 0. The minimum atomic E-state index is -1.26. The molecule has 1 atom stereocenters. The number of nitro groups is 2. The maximum Gasteiger partial charge on any atom is 0.339 e. The number of hydrogen-bond donors (Lipinski definition) is 0. The Morgan fingerprint density at radius 2 is 1.42 bits per heavy atom. The fraction of sp³-hybridized carbons (Fsp3) is 0.0667. The highest BCUT2D eigenvalue weighted by atomic mass is 16.6. The topological polar surface area (TPSA) is 136 Å². The minimum absolute atomic E-state index is 0.0442. The molecule has 0 spiro atoms. The first-order chi connectivity index (χ1) is 11.4. The smallest absolute Gasteiger partial charge is 0.339 e. The largest absolute Gasteiger partial charge is 0.438 e. The van der Waals surface area contributed by atoms with Crippen LogP contribution < -0.4 is 0 Å². The van der Waals surface area contributed by atoms with Crippen LogP contribution in [0, 0.1) is 31.6 Å². The number of carbonyl (C=O) groups is 1. The fourth-order valence-electron chi connectivity index (χ4n) is 1.83. The Morgan fingerprint density at radius 1 is 0.958 bits per heavy atom. The van der Waals surface area contributed by atoms with Crippen molar-refractivity contribution in [3.63, 3.8) is 0 Å². The zero-order chi connectivity index (χ0) is 17.7. The predicted octanol–water partition coefficient (Wildman–Crippen LogP) is 2.92. The lowest BCUT2D eigenvalue weighted by molar-refractivity contribution is -0.385. The number of hydrogen-bond acceptors (Lipinski definition) is 7. The first-order valence-electron chi connectivity index (χ1n) is 6.52. The third kappa shape index (κ3) is 3.69. The molecule has 0 bridgehead atoms. The highest BCUT2D eigenvalue weighted by molar-refractivity contribution is 5.89. The highest BCUT2D eigenvalue weighted by Gasteiger charge is 2.19. The molecule has 2 aromatic rings. The van der Waals surface area contributed by atoms with Crippen molar-refractivity contribution in [2.45, 2.75) is 6.10 Å². The van der Waals surface area contributed by atoms with Crippen molar-refractivity contribution in [3.05, 3.63) is 79.9 Å². The van der Waals surface area contributed by atoms with Gasteiger partial charge in [0.1, 0.15) is 6.07 Å². The van der Waals surface area contributed by atoms with Crippen LogP contribution >= 0.6 is 0 Å². The summed E-state index contributed by atoms with van der Waals surface area (Å²) in [4.78, 5) is 32.0. The molecule has 0 N–H and O–H groups in total. The average Bonchev–Trinajstić information content (AvgIpc) is 2.59. The van der Waals surface area contributed by atoms with Crippen molar-refractivity contribution in [2.24, 2.45) is 0 Å². The van der Waals surface area contributed by atoms with Gasteiger partial charge in [-0.3, -0.25) is 20.2 Å². The number of nitrogens with zero attached hydrogens (tertiary/aromatic N) is 3. The van der Waals surface area contributed by atoms with E-state index in [9.17, 15) is 25.0 Å². The lowest BCUT2D eigenvalue weighted by atomic mass is 10.1. The molecule has 0 amide bonds. The standard InChI is InChI=1S/C15H9N3O6/c16-9-14(10-1-5-12(6-2-10)17(20)21)24-15(19)11-3-7-13(8-4-11)18(22)23/h1-8,14H. The van der Waals surface area contributed by atoms with E-state index in [-0.39, 0.29) is 22.5 Å². The van der Waals surface area contributed by atoms with Gasteiger partial charge in [-0.25, -0.2) is 4.79 Å². The van der Waals surface area contributed by atoms with Gasteiger partial charge in [-0.05, 0) is 24.3 Å². The van der Waals surface area contributed by atoms with Crippen LogP contribution in [0.1, 0.15) is 22.0 Å². The second-order valence-corrected chi connectivity index (χ2v) is 4.57. The van der Waals surface area contributed by atoms with Gasteiger partial charge in [-0.1, -0.05) is 0 Å². The van der Waals surface area contributed by atoms with E-state index >= 15 is 0 Å². The van der Waals surface area contributed by atoms with Crippen LogP contribution in [-0.2, 0) is 4.74 Å². The average molecular weight is 327 g/mol. The van der Waals surface area contributed by atoms with E-state index in [0.717, 1.165) is 12.1 Å². The summed E-state index contributed by atoms with van der Waals surface area (Å²) in [5.74, 6) is -0.838. The van der Waals surface area contributed by atoms with E-state index in [1.54, 1.807) is 6.07 Å². The Bertz CT molecular complexity index is 824. The van der Waals surface area contributed by atoms with Crippen LogP contribution in [-0.4, -0.2) is 15.8 Å². The Kier molecular flexibility index (Phi) is 4.81. The molecule has 2 aromatic carbocycles. The molecule has 0 aliphatic rings. The van der Waals surface area contributed by atoms with Crippen LogP contribution in [0.2, 0.25) is 0 Å². The predicted molar refractivity (Wildman–Crippen MR) is 80.0 cm³/mol. The molecule has 0 radical (unpaired) electrons. The van der Waals surface area contributed by atoms with Gasteiger partial charge in [0.2, 0.25) is 6.10 Å². The Labute approximate surface area is 135 Å². The first kappa shape index (κ1) is 16.6. The summed E-state index contributed by atoms with van der Waals surface area (Å²) in [5, 5.41) is 30.3. The Balaban J connectivity index is 2.14. The molecule has 9 heteroatoms. The van der Waals surface area contributed by atoms with Gasteiger partial charge in [-0.15, -0.1) is 0 Å². The Morgan fingerprint density at radius 3 is 1.83 bits per heavy atom. The summed E-state index contributed by atoms with van der Waals surface area (Å²) in [6, 6.07) is 11.5. The van der Waals surface area contributed by atoms with Gasteiger partial charge in [0.25, 0.3) is 11.4 Å². The number of esters is 1. The van der Waals surface area contributed by atoms with Crippen LogP contribution in [0.25, 0.3) is 0 Å². The highest BCUT2D eigenvalue weighted by Crippen LogP contribution is 2.22. The molecule has 0 aliphatic heterocycles. The van der Waals surface area contributed by atoms with Gasteiger partial charge in [0.15, 0.2) is 0 Å². The number of nitro benzene ring substituents is 2. The first-order valence-corrected chi connectivity index (χ1v) is 6.52. The minimum Gasteiger partial charge on any atom is -0.438 e. The van der Waals surface area contributed by atoms with E-state index < -0.39 is 21.9 Å². The zero-order valence-electron chi connectivity index (χ0n) is 12.0. The molecule has 0 saturated carbocycles. The van der Waals surface area contributed by atoms with E-state index in [4.69, 9.17) is 10.00 Å². The summed E-state index contributed by atoms with van der Waals surface area (Å²) in [7, 11) is 0. The van der Waals surface area contributed by atoms with E-state index in [1.165, 1.54) is 36.4 Å². The second kappa shape index (κ2) is 6.97. The quantitative estimate of drug-likeness (QED) is 0.467. The maximum absolute atomic E-state index is 12.0. The number of rotatable bonds is 5. The van der Waals surface area contributed by atoms with Crippen LogP contribution in [0.4, 0.5) is 11.4 Å². The number of carbonyl (C=O) groups excluding carboxylic acids is 1. The molecule has 0 saturated heterocycles. The number of benzene rings is 2. The summed E-state index contributed by atoms with van der Waals surface area (Å²) in [5.41, 5.74) is -0.0167. The van der Waals surface area contributed by atoms with Crippen molar-refractivity contribution in [1.29, 1.82) is 5.26 Å². The fourth-order valence-corrected chi connectivity index (χ4v) is 1.83. The molecule has 0 fully saturated rings. The van der Waals surface area contributed by atoms with Crippen molar-refractivity contribution >= 4 is 17.3 Å². The SMILES string of the molecule is N#CC(OC(=O)c1ccc([N+](=O)[O-])cc1)c1ccc([N+](=O)[O-])cc1. The van der Waals surface area contributed by atoms with Crippen molar-refractivity contribution in [1.82, 2.24) is 0 Å². The van der Waals surface area contributed by atoms with Gasteiger partial charge in [-0.2, -0.15) is 5.26 Å². The summed E-state index contributed by atoms with van der Waals surface area (Å²) in [6.07, 6.45) is -1.26. The molecule has 120 valence electrons. The lowest BCUT2D eigenvalue weighted by Crippen LogP contribution is -2.10. The van der Waals surface area contributed by atoms with Crippen LogP contribution in [0.15, 0.2) is 48.5 Å². The maximum atomic E-state index is 12.0. The monoisotopic (exact) mass is 327 g/mol. The molecule has 24 heavy (non-hydrogen) atoms. The second-order valence-electron chi connectivity index (χ2n) is 4.57. The third-order valence-corrected chi connectivity index (χ3v) is 3.06. The van der Waals surface area contributed by atoms with E-state index in [1.807, 2.05) is 0 Å². The summed E-state index contributed by atoms with van der Waals surface area (Å²) in [6.45, 7) is 0. The normalized spacial score (nSPS) is 11.1. The number of nitriles is 1. The molecular formula is C15H9N3O6. The van der Waals surface area contributed by atoms with Crippen LogP contribution in [0.3, 0.4) is 0 Å². The molecule has 2 rings (SSSR count). The molecular weight excluding hydrogens is 318 g/mol. The van der Waals surface area contributed by atoms with Gasteiger partial charge in [0.05, 0.1) is 15.4 Å². The van der Waals surface area contributed by atoms with Gasteiger partial charge in [0, 0.05) is 29.8 Å². The van der Waals surface area contributed by atoms with Gasteiger partial charge < -0.3 is 4.74 Å². The van der Waals surface area contributed by atoms with E-state index in [2.05, 4.69) is 0 Å². The van der Waals surface area contributed by atoms with E-state index in [0.29, 0.717) is 0 Å². The van der Waals surface area contributed by atoms with Crippen molar-refractivity contribution in [2.75, 3.05) is 0 Å². The zero-order valence-corrected chi connectivity index (χ0v) is 12.0. The molecule has 0 aliphatic carbocycles.